The SMILES string of the molecule is Cc1nn(C)c(C)c1/C=C/C(=O)NCCCC(C)C. The maximum atomic E-state index is 11.7. The third-order valence-electron chi connectivity index (χ3n) is 3.22. The molecular formula is C15H25N3O. The first-order valence-corrected chi connectivity index (χ1v) is 6.88. The molecule has 0 spiro atoms. The topological polar surface area (TPSA) is 46.9 Å². The Labute approximate surface area is 115 Å². The Kier molecular flexibility index (Phi) is 5.80. The van der Waals surface area contributed by atoms with Gasteiger partial charge in [-0.05, 0) is 38.7 Å². The van der Waals surface area contributed by atoms with Crippen molar-refractivity contribution in [2.45, 2.75) is 40.5 Å². The highest BCUT2D eigenvalue weighted by atomic mass is 16.1. The molecule has 0 aliphatic carbocycles. The van der Waals surface area contributed by atoms with Gasteiger partial charge in [0.2, 0.25) is 5.91 Å². The Morgan fingerprint density at radius 1 is 1.42 bits per heavy atom. The minimum Gasteiger partial charge on any atom is -0.353 e. The summed E-state index contributed by atoms with van der Waals surface area (Å²) in [6.07, 6.45) is 5.61. The fourth-order valence-corrected chi connectivity index (χ4v) is 1.97. The van der Waals surface area contributed by atoms with E-state index >= 15 is 0 Å². The Morgan fingerprint density at radius 2 is 2.11 bits per heavy atom. The fraction of sp³-hybridized carbons (Fsp3) is 0.600. The lowest BCUT2D eigenvalue weighted by molar-refractivity contribution is -0.116. The van der Waals surface area contributed by atoms with E-state index in [1.165, 1.54) is 0 Å². The summed E-state index contributed by atoms with van der Waals surface area (Å²) < 4.78 is 1.83. The second kappa shape index (κ2) is 7.12. The Hall–Kier alpha value is -1.58. The standard InChI is InChI=1S/C15H25N3O/c1-11(2)7-6-10-16-15(19)9-8-14-12(3)17-18(5)13(14)4/h8-9,11H,6-7,10H2,1-5H3,(H,16,19)/b9-8+. The van der Waals surface area contributed by atoms with Crippen LogP contribution in [0, 0.1) is 19.8 Å². The van der Waals surface area contributed by atoms with Crippen LogP contribution in [0.1, 0.15) is 43.6 Å². The van der Waals surface area contributed by atoms with Crippen LogP contribution < -0.4 is 5.32 Å². The van der Waals surface area contributed by atoms with E-state index in [-0.39, 0.29) is 5.91 Å². The molecule has 4 heteroatoms. The van der Waals surface area contributed by atoms with E-state index in [9.17, 15) is 4.79 Å². The van der Waals surface area contributed by atoms with Gasteiger partial charge in [-0.15, -0.1) is 0 Å². The van der Waals surface area contributed by atoms with Crippen LogP contribution in [-0.4, -0.2) is 22.2 Å². The average Bonchev–Trinajstić information content (AvgIpc) is 2.57. The Bertz CT molecular complexity index is 458. The van der Waals surface area contributed by atoms with Crippen molar-refractivity contribution < 1.29 is 4.79 Å². The lowest BCUT2D eigenvalue weighted by atomic mass is 10.1. The summed E-state index contributed by atoms with van der Waals surface area (Å²) in [5, 5.41) is 7.22. The first kappa shape index (κ1) is 15.5. The maximum Gasteiger partial charge on any atom is 0.244 e. The van der Waals surface area contributed by atoms with Gasteiger partial charge in [0.05, 0.1) is 5.69 Å². The van der Waals surface area contributed by atoms with E-state index < -0.39 is 0 Å². The quantitative estimate of drug-likeness (QED) is 0.633. The molecule has 1 N–H and O–H groups in total. The van der Waals surface area contributed by atoms with Crippen LogP contribution in [0.3, 0.4) is 0 Å². The number of carbonyl (C=O) groups excluding carboxylic acids is 1. The fourth-order valence-electron chi connectivity index (χ4n) is 1.97. The molecule has 0 saturated heterocycles. The molecule has 1 aromatic heterocycles. The number of nitrogens with one attached hydrogen (secondary N) is 1. The van der Waals surface area contributed by atoms with Crippen molar-refractivity contribution in [1.82, 2.24) is 15.1 Å². The molecule has 1 aromatic rings. The van der Waals surface area contributed by atoms with Gasteiger partial charge in [-0.3, -0.25) is 9.48 Å². The lowest BCUT2D eigenvalue weighted by Crippen LogP contribution is -2.22. The minimum atomic E-state index is -0.0357. The van der Waals surface area contributed by atoms with Gasteiger partial charge in [0.15, 0.2) is 0 Å². The van der Waals surface area contributed by atoms with E-state index in [1.807, 2.05) is 31.7 Å². The van der Waals surface area contributed by atoms with Crippen LogP contribution in [0.2, 0.25) is 0 Å². The van der Waals surface area contributed by atoms with E-state index in [1.54, 1.807) is 6.08 Å². The van der Waals surface area contributed by atoms with Gasteiger partial charge in [-0.1, -0.05) is 13.8 Å². The van der Waals surface area contributed by atoms with Crippen LogP contribution in [0.4, 0.5) is 0 Å². The largest absolute Gasteiger partial charge is 0.353 e. The zero-order valence-corrected chi connectivity index (χ0v) is 12.7. The normalized spacial score (nSPS) is 11.5. The van der Waals surface area contributed by atoms with E-state index in [0.29, 0.717) is 5.92 Å². The van der Waals surface area contributed by atoms with Crippen LogP contribution in [0.15, 0.2) is 6.08 Å². The predicted molar refractivity (Wildman–Crippen MR) is 78.8 cm³/mol. The zero-order chi connectivity index (χ0) is 14.4. The first-order valence-electron chi connectivity index (χ1n) is 6.88. The molecule has 0 aliphatic heterocycles. The molecule has 0 aromatic carbocycles. The number of aryl methyl sites for hydroxylation is 2. The van der Waals surface area contributed by atoms with Gasteiger partial charge in [-0.25, -0.2) is 0 Å². The van der Waals surface area contributed by atoms with Crippen molar-refractivity contribution in [3.63, 3.8) is 0 Å². The van der Waals surface area contributed by atoms with Gasteiger partial charge in [0, 0.05) is 30.9 Å². The molecule has 0 saturated carbocycles. The summed E-state index contributed by atoms with van der Waals surface area (Å²) in [6, 6.07) is 0. The molecule has 1 amide bonds. The lowest BCUT2D eigenvalue weighted by Gasteiger charge is -2.04. The smallest absolute Gasteiger partial charge is 0.244 e. The van der Waals surface area contributed by atoms with Gasteiger partial charge in [0.1, 0.15) is 0 Å². The second-order valence-electron chi connectivity index (χ2n) is 5.37. The van der Waals surface area contributed by atoms with Crippen molar-refractivity contribution in [3.8, 4) is 0 Å². The van der Waals surface area contributed by atoms with Crippen LogP contribution in [0.25, 0.3) is 6.08 Å². The van der Waals surface area contributed by atoms with Crippen molar-refractivity contribution >= 4 is 12.0 Å². The number of aromatic nitrogens is 2. The van der Waals surface area contributed by atoms with Crippen LogP contribution >= 0.6 is 0 Å². The molecule has 4 nitrogen and oxygen atoms in total. The van der Waals surface area contributed by atoms with E-state index in [2.05, 4.69) is 24.3 Å². The molecule has 1 heterocycles. The summed E-state index contributed by atoms with van der Waals surface area (Å²) in [7, 11) is 1.91. The van der Waals surface area contributed by atoms with Crippen LogP contribution in [-0.2, 0) is 11.8 Å². The van der Waals surface area contributed by atoms with Gasteiger partial charge >= 0.3 is 0 Å². The number of nitrogens with zero attached hydrogens (tertiary/aromatic N) is 2. The van der Waals surface area contributed by atoms with Crippen molar-refractivity contribution in [1.29, 1.82) is 0 Å². The molecular weight excluding hydrogens is 238 g/mol. The van der Waals surface area contributed by atoms with Gasteiger partial charge in [0.25, 0.3) is 0 Å². The van der Waals surface area contributed by atoms with Crippen molar-refractivity contribution in [3.05, 3.63) is 23.0 Å². The third kappa shape index (κ3) is 4.89. The molecule has 106 valence electrons. The molecule has 0 aliphatic rings. The maximum absolute atomic E-state index is 11.7. The molecule has 0 fully saturated rings. The monoisotopic (exact) mass is 263 g/mol. The van der Waals surface area contributed by atoms with E-state index in [4.69, 9.17) is 0 Å². The van der Waals surface area contributed by atoms with Gasteiger partial charge in [-0.2, -0.15) is 5.10 Å². The van der Waals surface area contributed by atoms with Gasteiger partial charge < -0.3 is 5.32 Å². The summed E-state index contributed by atoms with van der Waals surface area (Å²) in [4.78, 5) is 11.7. The predicted octanol–water partition coefficient (Wildman–Crippen LogP) is 2.60. The minimum absolute atomic E-state index is 0.0357. The van der Waals surface area contributed by atoms with Crippen molar-refractivity contribution in [2.24, 2.45) is 13.0 Å². The molecule has 0 unspecified atom stereocenters. The Balaban J connectivity index is 2.45. The molecule has 1 rings (SSSR count). The Morgan fingerprint density at radius 3 is 2.63 bits per heavy atom. The molecule has 0 atom stereocenters. The highest BCUT2D eigenvalue weighted by Gasteiger charge is 2.06. The highest BCUT2D eigenvalue weighted by molar-refractivity contribution is 5.91. The number of hydrogen-bond donors (Lipinski definition) is 1. The number of amides is 1. The summed E-state index contributed by atoms with van der Waals surface area (Å²) in [5.41, 5.74) is 3.05. The number of hydrogen-bond acceptors (Lipinski definition) is 2. The summed E-state index contributed by atoms with van der Waals surface area (Å²) >= 11 is 0. The first-order chi connectivity index (χ1) is 8.91. The summed E-state index contributed by atoms with van der Waals surface area (Å²) in [6.45, 7) is 9.07. The third-order valence-corrected chi connectivity index (χ3v) is 3.22. The van der Waals surface area contributed by atoms with Crippen molar-refractivity contribution in [2.75, 3.05) is 6.54 Å². The molecule has 0 radical (unpaired) electrons. The number of carbonyl (C=O) groups is 1. The molecule has 0 bridgehead atoms. The molecule has 19 heavy (non-hydrogen) atoms. The zero-order valence-electron chi connectivity index (χ0n) is 12.7. The number of rotatable bonds is 6. The summed E-state index contributed by atoms with van der Waals surface area (Å²) in [5.74, 6) is 0.652. The highest BCUT2D eigenvalue weighted by Crippen LogP contribution is 2.13. The second-order valence-corrected chi connectivity index (χ2v) is 5.37. The van der Waals surface area contributed by atoms with Crippen LogP contribution in [0.5, 0.6) is 0 Å². The van der Waals surface area contributed by atoms with E-state index in [0.717, 1.165) is 36.3 Å². The average molecular weight is 263 g/mol.